The molecule has 0 N–H and O–H groups in total. The number of hydrogen-bond donors (Lipinski definition) is 0. The van der Waals surface area contributed by atoms with Crippen molar-refractivity contribution in [3.8, 4) is 39.1 Å². The fraction of sp³-hybridized carbons (Fsp3) is 0.0256. The van der Waals surface area contributed by atoms with Crippen LogP contribution in [0.25, 0.3) is 50.0 Å². The number of rotatable bonds is 2. The third kappa shape index (κ3) is 3.06. The Morgan fingerprint density at radius 3 is 1.85 bits per heavy atom. The molecule has 0 saturated carbocycles. The number of halogens is 1. The second-order valence-corrected chi connectivity index (χ2v) is 12.0. The summed E-state index contributed by atoms with van der Waals surface area (Å²) < 4.78 is 3.44. The maximum Gasteiger partial charge on any atom is 0.0726 e. The van der Waals surface area contributed by atoms with E-state index in [4.69, 9.17) is 0 Å². The third-order valence-electron chi connectivity index (χ3n) is 9.11. The van der Waals surface area contributed by atoms with Gasteiger partial charge in [-0.05, 0) is 98.1 Å². The smallest absolute Gasteiger partial charge is 0.0726 e. The van der Waals surface area contributed by atoms with Gasteiger partial charge in [-0.1, -0.05) is 113 Å². The summed E-state index contributed by atoms with van der Waals surface area (Å²) in [6.45, 7) is 0. The molecule has 6 aromatic carbocycles. The first kappa shape index (κ1) is 23.1. The lowest BCUT2D eigenvalue weighted by atomic mass is 9.70. The summed E-state index contributed by atoms with van der Waals surface area (Å²) >= 11 is 3.81. The average Bonchev–Trinajstić information content (AvgIpc) is 3.67. The molecule has 0 amide bonds. The molecule has 0 unspecified atom stereocenters. The molecule has 9 rings (SSSR count). The molecule has 1 aromatic heterocycles. The molecule has 0 radical (unpaired) electrons. The quantitative estimate of drug-likeness (QED) is 0.190. The lowest BCUT2D eigenvalue weighted by Gasteiger charge is -2.31. The summed E-state index contributed by atoms with van der Waals surface area (Å²) in [6.07, 6.45) is 2.21. The Morgan fingerprint density at radius 1 is 0.463 bits per heavy atom. The van der Waals surface area contributed by atoms with E-state index in [1.165, 1.54) is 72.2 Å². The highest BCUT2D eigenvalue weighted by Gasteiger charge is 2.51. The van der Waals surface area contributed by atoms with E-state index in [2.05, 4.69) is 166 Å². The minimum Gasteiger partial charge on any atom is -0.317 e. The van der Waals surface area contributed by atoms with Crippen molar-refractivity contribution in [2.24, 2.45) is 0 Å². The van der Waals surface area contributed by atoms with Crippen LogP contribution in [0.3, 0.4) is 0 Å². The molecular formula is C39H24BrN. The van der Waals surface area contributed by atoms with E-state index < -0.39 is 0 Å². The van der Waals surface area contributed by atoms with E-state index in [1.807, 2.05) is 0 Å². The van der Waals surface area contributed by atoms with Gasteiger partial charge in [0.1, 0.15) is 0 Å². The predicted molar refractivity (Wildman–Crippen MR) is 173 cm³/mol. The van der Waals surface area contributed by atoms with Crippen LogP contribution in [0, 0.1) is 0 Å². The van der Waals surface area contributed by atoms with Gasteiger partial charge in [0.05, 0.1) is 10.9 Å². The number of fused-ring (bicyclic) bond motifs is 11. The largest absolute Gasteiger partial charge is 0.317 e. The third-order valence-corrected chi connectivity index (χ3v) is 9.60. The lowest BCUT2D eigenvalue weighted by Crippen LogP contribution is -2.26. The van der Waals surface area contributed by atoms with Crippen LogP contribution in [0.4, 0.5) is 0 Å². The van der Waals surface area contributed by atoms with E-state index in [0.717, 1.165) is 4.47 Å². The van der Waals surface area contributed by atoms with Gasteiger partial charge < -0.3 is 4.57 Å². The topological polar surface area (TPSA) is 4.93 Å². The van der Waals surface area contributed by atoms with Crippen molar-refractivity contribution in [3.05, 3.63) is 172 Å². The molecule has 7 aromatic rings. The number of hydrogen-bond acceptors (Lipinski definition) is 0. The monoisotopic (exact) mass is 585 g/mol. The van der Waals surface area contributed by atoms with Gasteiger partial charge in [0.25, 0.3) is 0 Å². The summed E-state index contributed by atoms with van der Waals surface area (Å²) in [5.74, 6) is 0. The van der Waals surface area contributed by atoms with Gasteiger partial charge in [-0.15, -0.1) is 0 Å². The van der Waals surface area contributed by atoms with E-state index in [-0.39, 0.29) is 5.41 Å². The standard InChI is InChI=1S/C39H24BrN/c40-28-15-17-32-33-18-16-29(41-21-20-27-22-26(14-19-38(27)41)25-8-2-1-3-9-25)24-37(33)39(36(32)23-28)34-12-6-4-10-30(34)31-11-5-7-13-35(31)39/h1-24H. The van der Waals surface area contributed by atoms with Gasteiger partial charge in [-0.2, -0.15) is 0 Å². The first-order valence-electron chi connectivity index (χ1n) is 14.0. The molecule has 2 aliphatic carbocycles. The molecule has 0 atom stereocenters. The van der Waals surface area contributed by atoms with Crippen LogP contribution in [0.5, 0.6) is 0 Å². The fourth-order valence-electron chi connectivity index (χ4n) is 7.43. The Bertz CT molecular complexity index is 2120. The van der Waals surface area contributed by atoms with E-state index >= 15 is 0 Å². The highest BCUT2D eigenvalue weighted by Crippen LogP contribution is 2.63. The second kappa shape index (κ2) is 8.42. The second-order valence-electron chi connectivity index (χ2n) is 11.1. The van der Waals surface area contributed by atoms with E-state index in [1.54, 1.807) is 0 Å². The molecule has 1 spiro atoms. The van der Waals surface area contributed by atoms with Crippen molar-refractivity contribution in [3.63, 3.8) is 0 Å². The Hall–Kier alpha value is -4.66. The van der Waals surface area contributed by atoms with Gasteiger partial charge in [0, 0.05) is 21.7 Å². The van der Waals surface area contributed by atoms with Crippen molar-refractivity contribution in [2.75, 3.05) is 0 Å². The molecule has 192 valence electrons. The SMILES string of the molecule is Brc1ccc2c(c1)C1(c3ccccc3-c3ccccc31)c1cc(-n3ccc4cc(-c5ccccc5)ccc43)ccc1-2. The van der Waals surface area contributed by atoms with E-state index in [9.17, 15) is 0 Å². The fourth-order valence-corrected chi connectivity index (χ4v) is 7.79. The normalized spacial score (nSPS) is 13.7. The highest BCUT2D eigenvalue weighted by molar-refractivity contribution is 9.10. The number of benzene rings is 6. The summed E-state index contributed by atoms with van der Waals surface area (Å²) in [7, 11) is 0. The Morgan fingerprint density at radius 2 is 1.10 bits per heavy atom. The molecule has 1 nitrogen and oxygen atoms in total. The van der Waals surface area contributed by atoms with Crippen molar-refractivity contribution in [1.82, 2.24) is 4.57 Å². The first-order valence-corrected chi connectivity index (χ1v) is 14.8. The Labute approximate surface area is 247 Å². The zero-order chi connectivity index (χ0) is 27.1. The van der Waals surface area contributed by atoms with Gasteiger partial charge in [-0.25, -0.2) is 0 Å². The van der Waals surface area contributed by atoms with Crippen molar-refractivity contribution < 1.29 is 0 Å². The first-order chi connectivity index (χ1) is 20.2. The molecule has 0 saturated heterocycles. The summed E-state index contributed by atoms with van der Waals surface area (Å²) in [4.78, 5) is 0. The van der Waals surface area contributed by atoms with Crippen LogP contribution in [0.1, 0.15) is 22.3 Å². The number of aromatic nitrogens is 1. The zero-order valence-corrected chi connectivity index (χ0v) is 23.8. The van der Waals surface area contributed by atoms with Crippen LogP contribution in [-0.4, -0.2) is 4.57 Å². The molecule has 0 fully saturated rings. The van der Waals surface area contributed by atoms with Gasteiger partial charge in [0.2, 0.25) is 0 Å². The average molecular weight is 587 g/mol. The minimum atomic E-state index is -0.360. The lowest BCUT2D eigenvalue weighted by molar-refractivity contribution is 0.791. The van der Waals surface area contributed by atoms with Crippen LogP contribution >= 0.6 is 15.9 Å². The molecule has 0 bridgehead atoms. The Kier molecular flexibility index (Phi) is 4.74. The maximum atomic E-state index is 3.81. The Balaban J connectivity index is 1.30. The molecule has 1 heterocycles. The van der Waals surface area contributed by atoms with Crippen LogP contribution in [0.15, 0.2) is 150 Å². The van der Waals surface area contributed by atoms with E-state index in [0.29, 0.717) is 0 Å². The van der Waals surface area contributed by atoms with Crippen molar-refractivity contribution in [1.29, 1.82) is 0 Å². The highest BCUT2D eigenvalue weighted by atomic mass is 79.9. The zero-order valence-electron chi connectivity index (χ0n) is 22.2. The van der Waals surface area contributed by atoms with Gasteiger partial charge in [0.15, 0.2) is 0 Å². The van der Waals surface area contributed by atoms with Gasteiger partial charge in [-0.3, -0.25) is 0 Å². The molecular weight excluding hydrogens is 562 g/mol. The molecule has 2 heteroatoms. The number of nitrogens with zero attached hydrogens (tertiary/aromatic N) is 1. The van der Waals surface area contributed by atoms with Gasteiger partial charge >= 0.3 is 0 Å². The summed E-state index contributed by atoms with van der Waals surface area (Å²) in [5, 5.41) is 1.24. The van der Waals surface area contributed by atoms with Crippen molar-refractivity contribution in [2.45, 2.75) is 5.41 Å². The predicted octanol–water partition coefficient (Wildman–Crippen LogP) is 10.4. The maximum absolute atomic E-state index is 3.81. The molecule has 41 heavy (non-hydrogen) atoms. The van der Waals surface area contributed by atoms with Crippen molar-refractivity contribution >= 4 is 26.8 Å². The summed E-state index contributed by atoms with van der Waals surface area (Å²) in [5.41, 5.74) is 15.2. The summed E-state index contributed by atoms with van der Waals surface area (Å²) in [6, 6.07) is 51.4. The molecule has 0 aliphatic heterocycles. The van der Waals surface area contributed by atoms with Crippen LogP contribution in [0.2, 0.25) is 0 Å². The van der Waals surface area contributed by atoms with Crippen LogP contribution < -0.4 is 0 Å². The minimum absolute atomic E-state index is 0.360. The molecule has 2 aliphatic rings. The van der Waals surface area contributed by atoms with Crippen LogP contribution in [-0.2, 0) is 5.41 Å².